The summed E-state index contributed by atoms with van der Waals surface area (Å²) in [5.74, 6) is 0.937. The van der Waals surface area contributed by atoms with Crippen molar-refractivity contribution < 1.29 is 27.5 Å². The van der Waals surface area contributed by atoms with Crippen molar-refractivity contribution in [3.63, 3.8) is 0 Å². The lowest BCUT2D eigenvalue weighted by atomic mass is 9.84. The van der Waals surface area contributed by atoms with Gasteiger partial charge in [0.1, 0.15) is 5.75 Å². The van der Waals surface area contributed by atoms with Crippen LogP contribution in [0.1, 0.15) is 36.0 Å². The van der Waals surface area contributed by atoms with Crippen molar-refractivity contribution in [1.29, 1.82) is 0 Å². The van der Waals surface area contributed by atoms with Gasteiger partial charge in [0.25, 0.3) is 5.91 Å². The fourth-order valence-corrected chi connectivity index (χ4v) is 6.22. The molecule has 9 heteroatoms. The highest BCUT2D eigenvalue weighted by molar-refractivity contribution is 8.01. The first-order chi connectivity index (χ1) is 15.8. The van der Waals surface area contributed by atoms with Crippen LogP contribution in [0.4, 0.5) is 18.9 Å². The Labute approximate surface area is 193 Å². The number of alkyl halides is 3. The molecule has 174 valence electrons. The molecule has 2 aromatic rings. The van der Waals surface area contributed by atoms with E-state index in [0.29, 0.717) is 34.9 Å². The first-order valence-corrected chi connectivity index (χ1v) is 11.9. The lowest BCUT2D eigenvalue weighted by Crippen LogP contribution is -2.52. The Morgan fingerprint density at radius 3 is 2.52 bits per heavy atom. The third-order valence-electron chi connectivity index (χ3n) is 6.74. The van der Waals surface area contributed by atoms with Gasteiger partial charge >= 0.3 is 6.18 Å². The van der Waals surface area contributed by atoms with E-state index in [1.165, 1.54) is 23.9 Å². The van der Waals surface area contributed by atoms with Crippen LogP contribution in [0.5, 0.6) is 5.75 Å². The summed E-state index contributed by atoms with van der Waals surface area (Å²) < 4.78 is 44.3. The monoisotopic (exact) mass is 476 g/mol. The topological polar surface area (TPSA) is 49.9 Å². The largest absolute Gasteiger partial charge is 0.497 e. The standard InChI is InChI=1S/C24H23F3N2O3S/c1-32-18-9-10-20-19(13-18)23(29(11-12-33-23)21(30)16-3-2-4-16)22(31)28(20)14-15-5-7-17(8-6-15)24(25,26)27/h5-10,13,16H,2-4,11-12,14H2,1H3/t23-/m1/s1. The number of fused-ring (bicyclic) bond motifs is 2. The molecule has 33 heavy (non-hydrogen) atoms. The van der Waals surface area contributed by atoms with Gasteiger partial charge in [0.05, 0.1) is 24.9 Å². The number of amides is 2. The van der Waals surface area contributed by atoms with Crippen LogP contribution < -0.4 is 9.64 Å². The smallest absolute Gasteiger partial charge is 0.416 e. The average Bonchev–Trinajstić information content (AvgIpc) is 3.29. The number of carbonyl (C=O) groups is 2. The number of anilines is 1. The van der Waals surface area contributed by atoms with Gasteiger partial charge in [-0.25, -0.2) is 0 Å². The lowest BCUT2D eigenvalue weighted by Gasteiger charge is -2.37. The van der Waals surface area contributed by atoms with E-state index in [-0.39, 0.29) is 24.3 Å². The molecule has 3 aliphatic rings. The summed E-state index contributed by atoms with van der Waals surface area (Å²) in [5, 5.41) is 0. The second kappa shape index (κ2) is 7.97. The van der Waals surface area contributed by atoms with Crippen molar-refractivity contribution >= 4 is 29.3 Å². The van der Waals surface area contributed by atoms with Crippen molar-refractivity contribution in [3.8, 4) is 5.75 Å². The summed E-state index contributed by atoms with van der Waals surface area (Å²) >= 11 is 1.44. The molecule has 2 heterocycles. The molecule has 1 saturated heterocycles. The number of hydrogen-bond acceptors (Lipinski definition) is 4. The third kappa shape index (κ3) is 3.48. The molecule has 0 unspecified atom stereocenters. The number of nitrogens with zero attached hydrogens (tertiary/aromatic N) is 2. The minimum atomic E-state index is -4.42. The number of ether oxygens (including phenoxy) is 1. The van der Waals surface area contributed by atoms with E-state index in [4.69, 9.17) is 4.74 Å². The summed E-state index contributed by atoms with van der Waals surface area (Å²) in [6.45, 7) is 0.598. The summed E-state index contributed by atoms with van der Waals surface area (Å²) in [4.78, 5) is 29.4. The highest BCUT2D eigenvalue weighted by Gasteiger charge is 2.60. The predicted octanol–water partition coefficient (Wildman–Crippen LogP) is 4.79. The average molecular weight is 477 g/mol. The molecule has 1 spiro atoms. The molecule has 5 nitrogen and oxygen atoms in total. The van der Waals surface area contributed by atoms with Crippen molar-refractivity contribution in [3.05, 3.63) is 59.2 Å². The van der Waals surface area contributed by atoms with E-state index in [1.807, 2.05) is 0 Å². The molecule has 1 atom stereocenters. The van der Waals surface area contributed by atoms with Gasteiger partial charge in [-0.2, -0.15) is 13.2 Å². The molecule has 5 rings (SSSR count). The van der Waals surface area contributed by atoms with Crippen LogP contribution >= 0.6 is 11.8 Å². The maximum atomic E-state index is 14.0. The summed E-state index contributed by atoms with van der Waals surface area (Å²) in [6.07, 6.45) is -1.73. The first-order valence-electron chi connectivity index (χ1n) is 10.9. The summed E-state index contributed by atoms with van der Waals surface area (Å²) in [7, 11) is 1.55. The maximum Gasteiger partial charge on any atom is 0.416 e. The molecule has 0 N–H and O–H groups in total. The number of methoxy groups -OCH3 is 1. The van der Waals surface area contributed by atoms with Crippen molar-refractivity contribution in [2.24, 2.45) is 5.92 Å². The van der Waals surface area contributed by atoms with Gasteiger partial charge in [0.2, 0.25) is 5.91 Å². The van der Waals surface area contributed by atoms with E-state index >= 15 is 0 Å². The van der Waals surface area contributed by atoms with E-state index in [9.17, 15) is 22.8 Å². The number of thioether (sulfide) groups is 1. The van der Waals surface area contributed by atoms with Gasteiger partial charge in [-0.3, -0.25) is 9.59 Å². The van der Waals surface area contributed by atoms with Gasteiger partial charge in [0.15, 0.2) is 4.87 Å². The zero-order valence-electron chi connectivity index (χ0n) is 18.0. The van der Waals surface area contributed by atoms with Crippen LogP contribution in [0.2, 0.25) is 0 Å². The van der Waals surface area contributed by atoms with Crippen LogP contribution in [0.15, 0.2) is 42.5 Å². The molecule has 0 aromatic heterocycles. The Bertz CT molecular complexity index is 1100. The Hall–Kier alpha value is -2.68. The molecule has 1 saturated carbocycles. The van der Waals surface area contributed by atoms with Crippen LogP contribution in [0, 0.1) is 5.92 Å². The number of halogens is 3. The minimum Gasteiger partial charge on any atom is -0.497 e. The van der Waals surface area contributed by atoms with E-state index < -0.39 is 16.6 Å². The van der Waals surface area contributed by atoms with Crippen LogP contribution in [0.3, 0.4) is 0 Å². The number of rotatable bonds is 4. The second-order valence-corrected chi connectivity index (χ2v) is 9.87. The minimum absolute atomic E-state index is 0.00440. The van der Waals surface area contributed by atoms with Gasteiger partial charge in [-0.15, -0.1) is 11.8 Å². The number of carbonyl (C=O) groups excluding carboxylic acids is 2. The van der Waals surface area contributed by atoms with E-state index in [1.54, 1.807) is 35.1 Å². The third-order valence-corrected chi connectivity index (χ3v) is 8.16. The summed E-state index contributed by atoms with van der Waals surface area (Å²) in [5.41, 5.74) is 1.20. The zero-order valence-corrected chi connectivity index (χ0v) is 18.8. The Kier molecular flexibility index (Phi) is 5.34. The second-order valence-electron chi connectivity index (χ2n) is 8.58. The van der Waals surface area contributed by atoms with Crippen LogP contribution in [0.25, 0.3) is 0 Å². The summed E-state index contributed by atoms with van der Waals surface area (Å²) in [6, 6.07) is 10.2. The van der Waals surface area contributed by atoms with Gasteiger partial charge in [-0.1, -0.05) is 18.6 Å². The molecular weight excluding hydrogens is 453 g/mol. The Morgan fingerprint density at radius 1 is 1.18 bits per heavy atom. The fraction of sp³-hybridized carbons (Fsp3) is 0.417. The molecule has 2 fully saturated rings. The number of hydrogen-bond donors (Lipinski definition) is 0. The molecule has 2 amide bonds. The normalized spacial score (nSPS) is 22.6. The van der Waals surface area contributed by atoms with Crippen molar-refractivity contribution in [2.45, 2.75) is 36.9 Å². The highest BCUT2D eigenvalue weighted by Crippen LogP contribution is 2.56. The Balaban J connectivity index is 1.53. The molecule has 2 aliphatic heterocycles. The molecule has 1 aliphatic carbocycles. The molecule has 2 aromatic carbocycles. The first kappa shape index (κ1) is 22.1. The lowest BCUT2D eigenvalue weighted by molar-refractivity contribution is -0.145. The fourth-order valence-electron chi connectivity index (χ4n) is 4.76. The van der Waals surface area contributed by atoms with Crippen molar-refractivity contribution in [2.75, 3.05) is 24.3 Å². The number of benzene rings is 2. The maximum absolute atomic E-state index is 14.0. The van der Waals surface area contributed by atoms with E-state index in [2.05, 4.69) is 0 Å². The zero-order chi connectivity index (χ0) is 23.4. The van der Waals surface area contributed by atoms with Gasteiger partial charge in [0, 0.05) is 23.8 Å². The van der Waals surface area contributed by atoms with Gasteiger partial charge in [-0.05, 0) is 48.7 Å². The quantitative estimate of drug-likeness (QED) is 0.637. The highest BCUT2D eigenvalue weighted by atomic mass is 32.2. The molecular formula is C24H23F3N2O3S. The SMILES string of the molecule is COc1ccc2c(c1)[C@@]1(SCCN1C(=O)C1CCC1)C(=O)N2Cc1ccc(C(F)(F)F)cc1. The van der Waals surface area contributed by atoms with Gasteiger partial charge < -0.3 is 14.5 Å². The molecule has 0 radical (unpaired) electrons. The van der Waals surface area contributed by atoms with Crippen LogP contribution in [-0.4, -0.2) is 36.1 Å². The van der Waals surface area contributed by atoms with Crippen LogP contribution in [-0.2, 0) is 27.2 Å². The molecule has 0 bridgehead atoms. The van der Waals surface area contributed by atoms with Crippen molar-refractivity contribution in [1.82, 2.24) is 4.90 Å². The predicted molar refractivity (Wildman–Crippen MR) is 119 cm³/mol. The Morgan fingerprint density at radius 2 is 1.91 bits per heavy atom. The van der Waals surface area contributed by atoms with E-state index in [0.717, 1.165) is 31.4 Å².